The summed E-state index contributed by atoms with van der Waals surface area (Å²) in [5, 5.41) is 7.82. The van der Waals surface area contributed by atoms with Crippen LogP contribution in [0.5, 0.6) is 5.75 Å². The van der Waals surface area contributed by atoms with Gasteiger partial charge in [-0.25, -0.2) is 23.1 Å². The van der Waals surface area contributed by atoms with Crippen LogP contribution in [0, 0.1) is 11.8 Å². The molecule has 4 aromatic rings. The number of halogens is 3. The minimum atomic E-state index is -4.84. The van der Waals surface area contributed by atoms with Gasteiger partial charge in [-0.05, 0) is 80.3 Å². The number of fused-ring (bicyclic) bond motifs is 1. The quantitative estimate of drug-likeness (QED) is 0.152. The normalized spacial score (nSPS) is 17.2. The van der Waals surface area contributed by atoms with E-state index >= 15 is 0 Å². The lowest BCUT2D eigenvalue weighted by Crippen LogP contribution is -2.32. The number of sulfonamides is 1. The van der Waals surface area contributed by atoms with Crippen LogP contribution in [0.4, 0.5) is 24.9 Å². The summed E-state index contributed by atoms with van der Waals surface area (Å²) in [7, 11) is -3.85. The Kier molecular flexibility index (Phi) is 11.0. The van der Waals surface area contributed by atoms with E-state index in [1.165, 1.54) is 0 Å². The molecule has 3 N–H and O–H groups in total. The second kappa shape index (κ2) is 14.7. The van der Waals surface area contributed by atoms with E-state index in [0.29, 0.717) is 18.4 Å². The Morgan fingerprint density at radius 2 is 1.64 bits per heavy atom. The molecule has 1 aliphatic carbocycles. The lowest BCUT2D eigenvalue weighted by molar-refractivity contribution is -0.274. The van der Waals surface area contributed by atoms with E-state index in [4.69, 9.17) is 9.97 Å². The number of aromatic nitrogens is 4. The van der Waals surface area contributed by atoms with Crippen LogP contribution in [0.2, 0.25) is 0 Å². The predicted octanol–water partition coefficient (Wildman–Crippen LogP) is 6.06. The fourth-order valence-electron chi connectivity index (χ4n) is 5.18. The number of rotatable bonds is 13. The average molecular weight is 634 g/mol. The molecule has 0 atom stereocenters. The average Bonchev–Trinajstić information content (AvgIpc) is 3.51. The van der Waals surface area contributed by atoms with Crippen molar-refractivity contribution in [1.82, 2.24) is 24.2 Å². The monoisotopic (exact) mass is 633 g/mol. The maximum atomic E-state index is 12.6. The minimum absolute atomic E-state index is 0. The second-order valence-electron chi connectivity index (χ2n) is 10.6. The summed E-state index contributed by atoms with van der Waals surface area (Å²) in [5.74, 6) is 1.46. The van der Waals surface area contributed by atoms with Gasteiger partial charge in [0, 0.05) is 44.0 Å². The number of anilines is 2. The molecular formula is C30H38F3N7O3S. The number of benzene rings is 2. The van der Waals surface area contributed by atoms with Crippen molar-refractivity contribution >= 4 is 32.7 Å². The number of ether oxygens (including phenoxy) is 1. The summed E-state index contributed by atoms with van der Waals surface area (Å²) in [5.41, 5.74) is 0.857. The molecule has 10 nitrogen and oxygen atoms in total. The van der Waals surface area contributed by atoms with Gasteiger partial charge in [-0.2, -0.15) is 4.98 Å². The molecule has 14 heteroatoms. The number of aryl methyl sites for hydroxylation is 1. The largest absolute Gasteiger partial charge is 0.573 e. The van der Waals surface area contributed by atoms with Crippen LogP contribution in [-0.2, 0) is 16.6 Å². The van der Waals surface area contributed by atoms with Crippen LogP contribution in [0.25, 0.3) is 10.9 Å². The molecule has 2 heterocycles. The number of nitrogens with one attached hydrogen (secondary N) is 3. The van der Waals surface area contributed by atoms with Crippen molar-refractivity contribution in [2.75, 3.05) is 30.3 Å². The summed E-state index contributed by atoms with van der Waals surface area (Å²) in [4.78, 5) is 13.4. The van der Waals surface area contributed by atoms with Gasteiger partial charge in [-0.15, -0.1) is 13.2 Å². The lowest BCUT2D eigenvalue weighted by atomic mass is 9.82. The summed E-state index contributed by atoms with van der Waals surface area (Å²) >= 11 is 0. The maximum Gasteiger partial charge on any atom is 0.573 e. The van der Waals surface area contributed by atoms with Crippen LogP contribution >= 0.6 is 0 Å². The number of hydrogen-bond donors (Lipinski definition) is 3. The van der Waals surface area contributed by atoms with Crippen molar-refractivity contribution in [1.29, 1.82) is 0 Å². The Bertz CT molecular complexity index is 1580. The van der Waals surface area contributed by atoms with Crippen molar-refractivity contribution in [3.05, 3.63) is 67.3 Å². The zero-order valence-electron chi connectivity index (χ0n) is 23.4. The Hall–Kier alpha value is -3.91. The standard InChI is InChI=1S/C29H34F3N7O3S.CH4/c30-29(31,32)42-23-10-12-24(13-11-23)43(40,41)36-19-22-8-6-21(7-9-22)18-35-28-37-26-5-2-1-4-25(26)27(38-28)34-14-3-16-39-17-15-33-20-39;/h1-2,4-5,10-13,15,17,20-22,36H,3,6-9,14,16,18-19H2,(H2,34,35,37,38);1H4. The summed E-state index contributed by atoms with van der Waals surface area (Å²) < 4.78 is 70.8. The molecule has 1 fully saturated rings. The number of nitrogens with zero attached hydrogens (tertiary/aromatic N) is 4. The van der Waals surface area contributed by atoms with Crippen LogP contribution in [-0.4, -0.2) is 53.9 Å². The van der Waals surface area contributed by atoms with Gasteiger partial charge in [0.05, 0.1) is 16.7 Å². The Morgan fingerprint density at radius 3 is 2.32 bits per heavy atom. The molecule has 238 valence electrons. The number of alkyl halides is 3. The van der Waals surface area contributed by atoms with Gasteiger partial charge in [0.25, 0.3) is 0 Å². The summed E-state index contributed by atoms with van der Waals surface area (Å²) in [6.07, 6.45) is 5.16. The highest BCUT2D eigenvalue weighted by molar-refractivity contribution is 7.89. The van der Waals surface area contributed by atoms with E-state index in [9.17, 15) is 21.6 Å². The van der Waals surface area contributed by atoms with Crippen LogP contribution in [0.1, 0.15) is 39.5 Å². The SMILES string of the molecule is C.O=S(=O)(NCC1CCC(CNc2nc(NCCCn3ccnc3)c3ccccc3n2)CC1)c1ccc(OC(F)(F)F)cc1. The van der Waals surface area contributed by atoms with Crippen molar-refractivity contribution in [3.63, 3.8) is 0 Å². The Balaban J connectivity index is 0.00000442. The van der Waals surface area contributed by atoms with Crippen molar-refractivity contribution in [3.8, 4) is 5.75 Å². The van der Waals surface area contributed by atoms with E-state index in [-0.39, 0.29) is 24.8 Å². The van der Waals surface area contributed by atoms with E-state index in [1.807, 2.05) is 35.0 Å². The van der Waals surface area contributed by atoms with Crippen molar-refractivity contribution in [2.24, 2.45) is 11.8 Å². The molecule has 0 saturated heterocycles. The summed E-state index contributed by atoms with van der Waals surface area (Å²) in [6.45, 7) is 2.60. The first kappa shape index (κ1) is 33.0. The third-order valence-electron chi connectivity index (χ3n) is 7.49. The molecule has 44 heavy (non-hydrogen) atoms. The van der Waals surface area contributed by atoms with Gasteiger partial charge in [0.1, 0.15) is 11.6 Å². The van der Waals surface area contributed by atoms with E-state index in [2.05, 4.69) is 25.1 Å². The third kappa shape index (κ3) is 9.29. The fraction of sp³-hybridized carbons (Fsp3) is 0.433. The molecule has 0 amide bonds. The molecule has 1 aliphatic rings. The zero-order valence-corrected chi connectivity index (χ0v) is 24.2. The Morgan fingerprint density at radius 1 is 0.932 bits per heavy atom. The van der Waals surface area contributed by atoms with E-state index < -0.39 is 22.1 Å². The zero-order chi connectivity index (χ0) is 30.3. The van der Waals surface area contributed by atoms with Gasteiger partial charge in [-0.1, -0.05) is 19.6 Å². The van der Waals surface area contributed by atoms with Gasteiger partial charge in [-0.3, -0.25) is 0 Å². The molecule has 0 unspecified atom stereocenters. The van der Waals surface area contributed by atoms with E-state index in [1.54, 1.807) is 12.5 Å². The molecule has 0 bridgehead atoms. The van der Waals surface area contributed by atoms with Crippen molar-refractivity contribution in [2.45, 2.75) is 57.3 Å². The van der Waals surface area contributed by atoms with E-state index in [0.717, 1.165) is 86.2 Å². The predicted molar refractivity (Wildman–Crippen MR) is 164 cm³/mol. The fourth-order valence-corrected chi connectivity index (χ4v) is 6.30. The molecule has 0 aliphatic heterocycles. The molecule has 5 rings (SSSR count). The molecule has 2 aromatic heterocycles. The van der Waals surface area contributed by atoms with Crippen LogP contribution in [0.15, 0.2) is 72.1 Å². The Labute approximate surface area is 255 Å². The molecule has 2 aromatic carbocycles. The number of hydrogen-bond acceptors (Lipinski definition) is 8. The molecule has 0 radical (unpaired) electrons. The maximum absolute atomic E-state index is 12.6. The highest BCUT2D eigenvalue weighted by atomic mass is 32.2. The lowest BCUT2D eigenvalue weighted by Gasteiger charge is -2.28. The van der Waals surface area contributed by atoms with Crippen LogP contribution < -0.4 is 20.1 Å². The smallest absolute Gasteiger partial charge is 0.406 e. The van der Waals surface area contributed by atoms with Crippen molar-refractivity contribution < 1.29 is 26.3 Å². The second-order valence-corrected chi connectivity index (χ2v) is 12.4. The topological polar surface area (TPSA) is 123 Å². The highest BCUT2D eigenvalue weighted by Gasteiger charge is 2.31. The number of imidazole rings is 1. The van der Waals surface area contributed by atoms with Gasteiger partial charge in [0.15, 0.2) is 0 Å². The molecular weight excluding hydrogens is 595 g/mol. The molecule has 0 spiro atoms. The first-order valence-electron chi connectivity index (χ1n) is 14.2. The highest BCUT2D eigenvalue weighted by Crippen LogP contribution is 2.30. The van der Waals surface area contributed by atoms with Gasteiger partial charge < -0.3 is 19.9 Å². The van der Waals surface area contributed by atoms with Gasteiger partial charge in [0.2, 0.25) is 16.0 Å². The minimum Gasteiger partial charge on any atom is -0.406 e. The first-order valence-corrected chi connectivity index (χ1v) is 15.7. The van der Waals surface area contributed by atoms with Gasteiger partial charge >= 0.3 is 6.36 Å². The third-order valence-corrected chi connectivity index (χ3v) is 8.93. The summed E-state index contributed by atoms with van der Waals surface area (Å²) in [6, 6.07) is 12.1. The number of para-hydroxylation sites is 1. The first-order chi connectivity index (χ1) is 20.6. The molecule has 1 saturated carbocycles. The van der Waals surface area contributed by atoms with Crippen LogP contribution in [0.3, 0.4) is 0 Å².